The normalized spacial score (nSPS) is 22.9. The maximum Gasteiger partial charge on any atom is 0.00700 e. The Morgan fingerprint density at radius 2 is 1.62 bits per heavy atom. The molecule has 1 aliphatic carbocycles. The second kappa shape index (κ2) is 2.82. The minimum absolute atomic E-state index is 0.141. The molecule has 0 aromatic carbocycles. The van der Waals surface area contributed by atoms with Gasteiger partial charge in [0.1, 0.15) is 0 Å². The van der Waals surface area contributed by atoms with Crippen LogP contribution >= 0.6 is 7.92 Å². The van der Waals surface area contributed by atoms with Crippen molar-refractivity contribution in [2.45, 2.75) is 0 Å². The van der Waals surface area contributed by atoms with Crippen LogP contribution in [0.15, 0.2) is 0 Å². The van der Waals surface area contributed by atoms with Gasteiger partial charge in [0, 0.05) is 5.66 Å². The molecule has 0 aromatic rings. The van der Waals surface area contributed by atoms with Crippen LogP contribution in [0.1, 0.15) is 0 Å². The van der Waals surface area contributed by atoms with E-state index in [1.54, 1.807) is 0 Å². The first-order valence-corrected chi connectivity index (χ1v) is 4.93. The molecule has 1 saturated carbocycles. The molecule has 1 fully saturated rings. The molecular formula is C7H10P. The Morgan fingerprint density at radius 1 is 1.12 bits per heavy atom. The summed E-state index contributed by atoms with van der Waals surface area (Å²) in [5, 5.41) is 0. The molecule has 0 spiro atoms. The SMILES string of the molecule is CP(C)[C]1[CH][CH][CH][CH]1. The van der Waals surface area contributed by atoms with Crippen molar-refractivity contribution in [3.05, 3.63) is 31.3 Å². The summed E-state index contributed by atoms with van der Waals surface area (Å²) >= 11 is 0. The van der Waals surface area contributed by atoms with E-state index < -0.39 is 0 Å². The van der Waals surface area contributed by atoms with Gasteiger partial charge in [-0.3, -0.25) is 0 Å². The van der Waals surface area contributed by atoms with Crippen molar-refractivity contribution in [3.63, 3.8) is 0 Å². The standard InChI is InChI=1S/C7H10P/c1-8(2)7-5-3-4-6-7/h3-6H,1-2H3. The van der Waals surface area contributed by atoms with Crippen LogP contribution in [0, 0.1) is 31.3 Å². The average molecular weight is 125 g/mol. The molecule has 1 rings (SSSR count). The molecule has 0 aliphatic heterocycles. The third kappa shape index (κ3) is 1.45. The zero-order valence-electron chi connectivity index (χ0n) is 5.26. The lowest BCUT2D eigenvalue weighted by atomic mass is 10.4. The van der Waals surface area contributed by atoms with Gasteiger partial charge in [-0.1, -0.05) is 0 Å². The van der Waals surface area contributed by atoms with E-state index in [1.807, 2.05) is 0 Å². The van der Waals surface area contributed by atoms with Crippen LogP contribution in [0.5, 0.6) is 0 Å². The Labute approximate surface area is 53.4 Å². The lowest BCUT2D eigenvalue weighted by Gasteiger charge is -2.10. The fourth-order valence-corrected chi connectivity index (χ4v) is 1.43. The third-order valence-electron chi connectivity index (χ3n) is 1.16. The van der Waals surface area contributed by atoms with E-state index in [0.717, 1.165) is 0 Å². The second-order valence-electron chi connectivity index (χ2n) is 2.04. The van der Waals surface area contributed by atoms with Gasteiger partial charge in [0.05, 0.1) is 0 Å². The van der Waals surface area contributed by atoms with Gasteiger partial charge in [0.25, 0.3) is 0 Å². The highest BCUT2D eigenvalue weighted by Gasteiger charge is 2.18. The maximum atomic E-state index is 2.27. The Bertz CT molecular complexity index is 62.8. The van der Waals surface area contributed by atoms with E-state index in [2.05, 4.69) is 39.0 Å². The zero-order valence-corrected chi connectivity index (χ0v) is 6.15. The first-order valence-electron chi connectivity index (χ1n) is 2.70. The van der Waals surface area contributed by atoms with Gasteiger partial charge in [-0.05, 0) is 39.0 Å². The van der Waals surface area contributed by atoms with E-state index in [-0.39, 0.29) is 7.92 Å². The molecule has 5 radical (unpaired) electrons. The lowest BCUT2D eigenvalue weighted by molar-refractivity contribution is 1.51. The molecule has 0 amide bonds. The largest absolute Gasteiger partial charge is 0.105 e. The molecule has 8 heavy (non-hydrogen) atoms. The highest BCUT2D eigenvalue weighted by atomic mass is 31.1. The van der Waals surface area contributed by atoms with E-state index in [0.29, 0.717) is 0 Å². The van der Waals surface area contributed by atoms with Crippen LogP contribution in [-0.2, 0) is 0 Å². The quantitative estimate of drug-likeness (QED) is 0.471. The molecule has 0 saturated heterocycles. The van der Waals surface area contributed by atoms with E-state index in [9.17, 15) is 0 Å². The summed E-state index contributed by atoms with van der Waals surface area (Å²) in [7, 11) is 0.141. The first kappa shape index (κ1) is 6.55. The highest BCUT2D eigenvalue weighted by molar-refractivity contribution is 7.59. The molecule has 0 N–H and O–H groups in total. The predicted molar refractivity (Wildman–Crippen MR) is 39.2 cm³/mol. The summed E-state index contributed by atoms with van der Waals surface area (Å²) in [6, 6.07) is 0. The van der Waals surface area contributed by atoms with Crippen molar-refractivity contribution in [2.24, 2.45) is 0 Å². The molecule has 0 heterocycles. The molecule has 1 heteroatoms. The van der Waals surface area contributed by atoms with Crippen molar-refractivity contribution >= 4 is 7.92 Å². The van der Waals surface area contributed by atoms with Crippen LogP contribution in [0.25, 0.3) is 0 Å². The van der Waals surface area contributed by atoms with Gasteiger partial charge in [-0.15, -0.1) is 7.92 Å². The number of hydrogen-bond acceptors (Lipinski definition) is 0. The van der Waals surface area contributed by atoms with E-state index in [4.69, 9.17) is 0 Å². The van der Waals surface area contributed by atoms with Gasteiger partial charge < -0.3 is 0 Å². The summed E-state index contributed by atoms with van der Waals surface area (Å²) < 4.78 is 0. The van der Waals surface area contributed by atoms with Gasteiger partial charge in [0.15, 0.2) is 0 Å². The Morgan fingerprint density at radius 3 is 1.88 bits per heavy atom. The van der Waals surface area contributed by atoms with Crippen molar-refractivity contribution < 1.29 is 0 Å². The van der Waals surface area contributed by atoms with Crippen molar-refractivity contribution in [2.75, 3.05) is 13.3 Å². The zero-order chi connectivity index (χ0) is 5.98. The molecule has 43 valence electrons. The summed E-state index contributed by atoms with van der Waals surface area (Å²) in [4.78, 5) is 0. The average Bonchev–Trinajstić information content (AvgIpc) is 2.12. The molecule has 1 aliphatic rings. The van der Waals surface area contributed by atoms with E-state index >= 15 is 0 Å². The second-order valence-corrected chi connectivity index (χ2v) is 4.34. The number of rotatable bonds is 1. The Kier molecular flexibility index (Phi) is 2.31. The monoisotopic (exact) mass is 125 g/mol. The summed E-state index contributed by atoms with van der Waals surface area (Å²) in [5.41, 5.74) is 1.50. The van der Waals surface area contributed by atoms with Crippen LogP contribution < -0.4 is 0 Å². The smallest absolute Gasteiger partial charge is 0.00700 e. The topological polar surface area (TPSA) is 0 Å². The maximum absolute atomic E-state index is 2.27. The molecule has 0 nitrogen and oxygen atoms in total. The van der Waals surface area contributed by atoms with Gasteiger partial charge in [-0.25, -0.2) is 0 Å². The molecular weight excluding hydrogens is 115 g/mol. The molecule has 0 atom stereocenters. The van der Waals surface area contributed by atoms with Crippen molar-refractivity contribution in [1.29, 1.82) is 0 Å². The highest BCUT2D eigenvalue weighted by Crippen LogP contribution is 2.47. The third-order valence-corrected chi connectivity index (χ3v) is 2.49. The fraction of sp³-hybridized carbons (Fsp3) is 0.286. The summed E-state index contributed by atoms with van der Waals surface area (Å²) in [5.74, 6) is 0. The molecule has 0 bridgehead atoms. The fourth-order valence-electron chi connectivity index (χ4n) is 0.662. The predicted octanol–water partition coefficient (Wildman–Crippen LogP) is 2.09. The first-order chi connectivity index (χ1) is 3.80. The Hall–Kier alpha value is 0.430. The van der Waals surface area contributed by atoms with Gasteiger partial charge in [-0.2, -0.15) is 0 Å². The summed E-state index contributed by atoms with van der Waals surface area (Å²) in [6.45, 7) is 4.54. The van der Waals surface area contributed by atoms with Gasteiger partial charge >= 0.3 is 0 Å². The minimum Gasteiger partial charge on any atom is -0.105 e. The van der Waals surface area contributed by atoms with Crippen LogP contribution in [-0.4, -0.2) is 13.3 Å². The minimum atomic E-state index is 0.141. The van der Waals surface area contributed by atoms with Crippen LogP contribution in [0.4, 0.5) is 0 Å². The van der Waals surface area contributed by atoms with Crippen LogP contribution in [0.3, 0.4) is 0 Å². The van der Waals surface area contributed by atoms with Crippen LogP contribution in [0.2, 0.25) is 0 Å². The Balaban J connectivity index is 2.24. The number of hydrogen-bond donors (Lipinski definition) is 0. The van der Waals surface area contributed by atoms with Crippen molar-refractivity contribution in [1.82, 2.24) is 0 Å². The molecule has 0 unspecified atom stereocenters. The van der Waals surface area contributed by atoms with Crippen molar-refractivity contribution in [3.8, 4) is 0 Å². The summed E-state index contributed by atoms with van der Waals surface area (Å²) in [6.07, 6.45) is 8.56. The van der Waals surface area contributed by atoms with E-state index in [1.165, 1.54) is 5.66 Å². The van der Waals surface area contributed by atoms with Gasteiger partial charge in [0.2, 0.25) is 0 Å². The lowest BCUT2D eigenvalue weighted by Crippen LogP contribution is -1.85. The molecule has 0 aromatic heterocycles.